The molecule has 9 nitrogen and oxygen atoms in total. The summed E-state index contributed by atoms with van der Waals surface area (Å²) in [7, 11) is 1.95. The van der Waals surface area contributed by atoms with Crippen LogP contribution < -0.4 is 5.32 Å². The van der Waals surface area contributed by atoms with Crippen molar-refractivity contribution in [1.82, 2.24) is 19.9 Å². The van der Waals surface area contributed by atoms with E-state index in [1.54, 1.807) is 13.0 Å². The number of rotatable bonds is 3. The van der Waals surface area contributed by atoms with Gasteiger partial charge in [-0.15, -0.1) is 0 Å². The summed E-state index contributed by atoms with van der Waals surface area (Å²) >= 11 is 0. The molecule has 144 valence electrons. The van der Waals surface area contributed by atoms with E-state index in [2.05, 4.69) is 20.3 Å². The van der Waals surface area contributed by atoms with Crippen molar-refractivity contribution < 1.29 is 14.6 Å². The number of aromatic hydroxyl groups is 1. The number of hydrogen-bond acceptors (Lipinski definition) is 9. The second-order valence-electron chi connectivity index (χ2n) is 7.15. The molecule has 0 spiro atoms. The van der Waals surface area contributed by atoms with Crippen LogP contribution in [0.1, 0.15) is 17.5 Å². The number of likely N-dealkylation sites (N-methyl/N-ethyl adjacent to an activating group) is 1. The van der Waals surface area contributed by atoms with E-state index in [9.17, 15) is 10.2 Å². The van der Waals surface area contributed by atoms with Crippen molar-refractivity contribution in [2.45, 2.75) is 25.5 Å². The Morgan fingerprint density at radius 2 is 2.14 bits per heavy atom. The number of phenolic OH excluding ortho intramolecular Hbond substituents is 1. The summed E-state index contributed by atoms with van der Waals surface area (Å²) in [5.74, 6) is -0.0359. The van der Waals surface area contributed by atoms with Crippen LogP contribution in [-0.2, 0) is 0 Å². The van der Waals surface area contributed by atoms with Crippen LogP contribution in [0.5, 0.6) is 5.75 Å². The number of anilines is 1. The smallest absolute Gasteiger partial charge is 0.298 e. The molecule has 9 heteroatoms. The summed E-state index contributed by atoms with van der Waals surface area (Å²) in [5.41, 5.74) is 2.63. The number of phenols is 1. The molecular formula is C19H20N6O3. The van der Waals surface area contributed by atoms with Crippen LogP contribution >= 0.6 is 0 Å². The molecule has 3 aromatic rings. The van der Waals surface area contributed by atoms with Crippen molar-refractivity contribution in [2.24, 2.45) is 0 Å². The van der Waals surface area contributed by atoms with Gasteiger partial charge in [-0.3, -0.25) is 0 Å². The van der Waals surface area contributed by atoms with Gasteiger partial charge in [0, 0.05) is 24.7 Å². The highest BCUT2D eigenvalue weighted by Crippen LogP contribution is 2.33. The number of aryl methyl sites for hydroxylation is 1. The van der Waals surface area contributed by atoms with Crippen molar-refractivity contribution in [1.29, 1.82) is 5.26 Å². The Bertz CT molecular complexity index is 1040. The van der Waals surface area contributed by atoms with E-state index in [1.165, 1.54) is 12.3 Å². The molecule has 0 aliphatic carbocycles. The Morgan fingerprint density at radius 3 is 2.86 bits per heavy atom. The maximum atomic E-state index is 10.3. The second kappa shape index (κ2) is 7.07. The highest BCUT2D eigenvalue weighted by atomic mass is 16.4. The molecule has 2 aromatic heterocycles. The summed E-state index contributed by atoms with van der Waals surface area (Å²) in [5, 5.41) is 32.4. The zero-order chi connectivity index (χ0) is 19.8. The van der Waals surface area contributed by atoms with Crippen LogP contribution in [0.2, 0.25) is 0 Å². The zero-order valence-electron chi connectivity index (χ0n) is 15.5. The lowest BCUT2D eigenvalue weighted by atomic mass is 10.0. The van der Waals surface area contributed by atoms with Crippen LogP contribution in [-0.4, -0.2) is 62.3 Å². The first-order chi connectivity index (χ1) is 13.4. The third-order valence-corrected chi connectivity index (χ3v) is 4.76. The highest BCUT2D eigenvalue weighted by molar-refractivity contribution is 5.76. The topological polar surface area (TPSA) is 131 Å². The fourth-order valence-electron chi connectivity index (χ4n) is 3.64. The van der Waals surface area contributed by atoms with Gasteiger partial charge in [0.15, 0.2) is 0 Å². The summed E-state index contributed by atoms with van der Waals surface area (Å²) in [6.45, 7) is 3.20. The molecule has 1 fully saturated rings. The quantitative estimate of drug-likeness (QED) is 0.620. The minimum atomic E-state index is -0.397. The molecule has 28 heavy (non-hydrogen) atoms. The van der Waals surface area contributed by atoms with Crippen molar-refractivity contribution in [3.8, 4) is 23.1 Å². The number of aliphatic hydroxyl groups is 1. The number of nitrogens with zero attached hydrogens (tertiary/aromatic N) is 5. The molecule has 0 unspecified atom stereocenters. The maximum absolute atomic E-state index is 10.3. The first kappa shape index (κ1) is 18.2. The minimum Gasteiger partial charge on any atom is -0.507 e. The van der Waals surface area contributed by atoms with Crippen molar-refractivity contribution in [2.75, 3.05) is 25.5 Å². The summed E-state index contributed by atoms with van der Waals surface area (Å²) in [6.07, 6.45) is 1.71. The first-order valence-electron chi connectivity index (χ1n) is 8.93. The number of piperidine rings is 1. The summed E-state index contributed by atoms with van der Waals surface area (Å²) in [6, 6.07) is 5.39. The lowest BCUT2D eigenvalue weighted by Gasteiger charge is -2.33. The van der Waals surface area contributed by atoms with Gasteiger partial charge in [-0.05, 0) is 38.1 Å². The van der Waals surface area contributed by atoms with E-state index in [4.69, 9.17) is 9.68 Å². The van der Waals surface area contributed by atoms with Gasteiger partial charge in [0.25, 0.3) is 11.7 Å². The Labute approximate surface area is 161 Å². The Balaban J connectivity index is 1.63. The number of aliphatic hydroxyl groups excluding tert-OH is 1. The number of β-amino-alcohol motifs (C(OH)–C–C–N with tert-alkyl or cyclic N) is 1. The minimum absolute atomic E-state index is 0.00565. The lowest BCUT2D eigenvalue weighted by Crippen LogP contribution is -2.46. The van der Waals surface area contributed by atoms with E-state index in [1.807, 2.05) is 18.0 Å². The predicted molar refractivity (Wildman–Crippen MR) is 102 cm³/mol. The molecule has 0 bridgehead atoms. The van der Waals surface area contributed by atoms with Gasteiger partial charge in [-0.25, -0.2) is 9.97 Å². The molecular weight excluding hydrogens is 360 g/mol. The number of likely N-dealkylation sites (tertiary alicyclic amines) is 1. The van der Waals surface area contributed by atoms with E-state index in [-0.39, 0.29) is 17.5 Å². The van der Waals surface area contributed by atoms with Crippen molar-refractivity contribution in [3.63, 3.8) is 0 Å². The first-order valence-corrected chi connectivity index (χ1v) is 8.93. The van der Waals surface area contributed by atoms with Crippen LogP contribution in [0, 0.1) is 18.3 Å². The van der Waals surface area contributed by atoms with Crippen molar-refractivity contribution >= 4 is 17.4 Å². The van der Waals surface area contributed by atoms with Gasteiger partial charge < -0.3 is 24.8 Å². The number of benzene rings is 1. The molecule has 3 N–H and O–H groups in total. The predicted octanol–water partition coefficient (Wildman–Crippen LogP) is 1.65. The van der Waals surface area contributed by atoms with Gasteiger partial charge in [0.1, 0.15) is 5.75 Å². The Hall–Kier alpha value is -3.22. The van der Waals surface area contributed by atoms with Crippen LogP contribution in [0.4, 0.5) is 6.01 Å². The number of fused-ring (bicyclic) bond motifs is 1. The van der Waals surface area contributed by atoms with E-state index < -0.39 is 6.10 Å². The van der Waals surface area contributed by atoms with Gasteiger partial charge >= 0.3 is 0 Å². The SMILES string of the molecule is Cc1cc(C#N)cc(O)c1-c1cnc2oc(N[C@@H]3C[C@H](O)CN(C)C3)nc2n1. The summed E-state index contributed by atoms with van der Waals surface area (Å²) in [4.78, 5) is 15.1. The van der Waals surface area contributed by atoms with Crippen molar-refractivity contribution in [3.05, 3.63) is 29.5 Å². The molecule has 0 saturated carbocycles. The fourth-order valence-corrected chi connectivity index (χ4v) is 3.64. The third-order valence-electron chi connectivity index (χ3n) is 4.76. The largest absolute Gasteiger partial charge is 0.507 e. The number of hydrogen-bond donors (Lipinski definition) is 3. The molecule has 1 aliphatic rings. The van der Waals surface area contributed by atoms with Gasteiger partial charge in [-0.1, -0.05) is 0 Å². The van der Waals surface area contributed by atoms with Crippen LogP contribution in [0.3, 0.4) is 0 Å². The monoisotopic (exact) mass is 380 g/mol. The molecule has 4 rings (SSSR count). The summed E-state index contributed by atoms with van der Waals surface area (Å²) < 4.78 is 5.63. The maximum Gasteiger partial charge on any atom is 0.298 e. The number of nitriles is 1. The highest BCUT2D eigenvalue weighted by Gasteiger charge is 2.25. The number of nitrogens with one attached hydrogen (secondary N) is 1. The number of aromatic nitrogens is 3. The molecule has 0 amide bonds. The second-order valence-corrected chi connectivity index (χ2v) is 7.15. The van der Waals surface area contributed by atoms with E-state index in [0.29, 0.717) is 47.0 Å². The van der Waals surface area contributed by atoms with Gasteiger partial charge in [-0.2, -0.15) is 10.2 Å². The lowest BCUT2D eigenvalue weighted by molar-refractivity contribution is 0.0775. The molecule has 1 aromatic carbocycles. The zero-order valence-corrected chi connectivity index (χ0v) is 15.5. The van der Waals surface area contributed by atoms with Crippen LogP contribution in [0.25, 0.3) is 22.6 Å². The molecule has 0 radical (unpaired) electrons. The average molecular weight is 380 g/mol. The Kier molecular flexibility index (Phi) is 4.58. The fraction of sp³-hybridized carbons (Fsp3) is 0.368. The normalized spacial score (nSPS) is 20.2. The van der Waals surface area contributed by atoms with E-state index >= 15 is 0 Å². The molecule has 1 aliphatic heterocycles. The Morgan fingerprint density at radius 1 is 1.32 bits per heavy atom. The van der Waals surface area contributed by atoms with Crippen LogP contribution in [0.15, 0.2) is 22.7 Å². The standard InChI is InChI=1S/C19H20N6O3/c1-10-3-11(6-20)4-15(27)16(10)14-7-21-18-17(23-14)24-19(28-18)22-12-5-13(26)9-25(2)8-12/h3-4,7,12-13,26-27H,5,8-9H2,1-2H3,(H,22,23,24)/t12-,13+/m1/s1. The average Bonchev–Trinajstić information content (AvgIpc) is 3.01. The molecule has 3 heterocycles. The molecule has 2 atom stereocenters. The van der Waals surface area contributed by atoms with Gasteiger partial charge in [0.05, 0.1) is 29.6 Å². The van der Waals surface area contributed by atoms with E-state index in [0.717, 1.165) is 6.54 Å². The molecule has 1 saturated heterocycles. The van der Waals surface area contributed by atoms with Gasteiger partial charge in [0.2, 0.25) is 5.65 Å². The third kappa shape index (κ3) is 3.47. The number of oxazole rings is 1.